The zero-order valence-corrected chi connectivity index (χ0v) is 24.1. The van der Waals surface area contributed by atoms with Crippen LogP contribution in [0, 0.1) is 0 Å². The lowest BCUT2D eigenvalue weighted by molar-refractivity contribution is -0.115. The van der Waals surface area contributed by atoms with E-state index in [9.17, 15) is 14.4 Å². The number of anilines is 3. The van der Waals surface area contributed by atoms with Gasteiger partial charge in [0.25, 0.3) is 11.8 Å². The van der Waals surface area contributed by atoms with Gasteiger partial charge in [-0.3, -0.25) is 19.3 Å². The van der Waals surface area contributed by atoms with Crippen LogP contribution in [0.2, 0.25) is 0 Å². The van der Waals surface area contributed by atoms with Crippen molar-refractivity contribution in [3.05, 3.63) is 149 Å². The number of carbonyl (C=O) groups is 3. The van der Waals surface area contributed by atoms with E-state index >= 15 is 0 Å². The summed E-state index contributed by atoms with van der Waals surface area (Å²) in [6.07, 6.45) is 1.64. The van der Waals surface area contributed by atoms with Crippen LogP contribution in [0.5, 0.6) is 0 Å². The van der Waals surface area contributed by atoms with E-state index in [-0.39, 0.29) is 23.3 Å². The number of benzene rings is 4. The minimum absolute atomic E-state index is 0.0727. The lowest BCUT2D eigenvalue weighted by Gasteiger charge is -2.23. The van der Waals surface area contributed by atoms with E-state index in [2.05, 4.69) is 10.6 Å². The number of carbonyl (C=O) groups excluding carboxylic acids is 3. The van der Waals surface area contributed by atoms with E-state index in [0.29, 0.717) is 11.3 Å². The van der Waals surface area contributed by atoms with Crippen molar-refractivity contribution in [3.8, 4) is 0 Å². The van der Waals surface area contributed by atoms with E-state index in [1.54, 1.807) is 41.3 Å². The van der Waals surface area contributed by atoms with Crippen LogP contribution in [0.3, 0.4) is 0 Å². The molecule has 0 atom stereocenters. The molecule has 0 aliphatic heterocycles. The quantitative estimate of drug-likeness (QED) is 0.130. The van der Waals surface area contributed by atoms with Crippen molar-refractivity contribution in [1.29, 1.82) is 0 Å². The lowest BCUT2D eigenvalue weighted by Crippen LogP contribution is -2.30. The zero-order valence-electron chi connectivity index (χ0n) is 22.5. The van der Waals surface area contributed by atoms with Crippen molar-refractivity contribution in [3.63, 3.8) is 0 Å². The molecule has 1 aromatic heterocycles. The first-order valence-corrected chi connectivity index (χ1v) is 15.1. The van der Waals surface area contributed by atoms with E-state index in [1.807, 2.05) is 102 Å². The third-order valence-electron chi connectivity index (χ3n) is 6.12. The van der Waals surface area contributed by atoms with Gasteiger partial charge in [0.2, 0.25) is 5.91 Å². The molecular weight excluding hydrogens is 563 g/mol. The van der Waals surface area contributed by atoms with Gasteiger partial charge in [0.05, 0.1) is 5.75 Å². The Morgan fingerprint density at radius 1 is 0.762 bits per heavy atom. The van der Waals surface area contributed by atoms with Crippen molar-refractivity contribution in [1.82, 2.24) is 5.32 Å². The molecule has 6 nitrogen and oxygen atoms in total. The number of nitrogens with one attached hydrogen (secondary N) is 2. The van der Waals surface area contributed by atoms with Crippen LogP contribution in [0.15, 0.2) is 143 Å². The van der Waals surface area contributed by atoms with Crippen LogP contribution in [0.1, 0.15) is 15.9 Å². The van der Waals surface area contributed by atoms with Crippen LogP contribution < -0.4 is 15.5 Å². The molecule has 0 spiro atoms. The van der Waals surface area contributed by atoms with Gasteiger partial charge in [-0.1, -0.05) is 60.7 Å². The van der Waals surface area contributed by atoms with Crippen molar-refractivity contribution in [2.45, 2.75) is 4.90 Å². The molecule has 208 valence electrons. The number of rotatable bonds is 10. The molecule has 0 saturated heterocycles. The molecule has 5 rings (SSSR count). The van der Waals surface area contributed by atoms with Gasteiger partial charge in [-0.25, -0.2) is 0 Å². The second-order valence-electron chi connectivity index (χ2n) is 9.11. The fourth-order valence-electron chi connectivity index (χ4n) is 4.13. The first-order chi connectivity index (χ1) is 20.6. The van der Waals surface area contributed by atoms with E-state index in [0.717, 1.165) is 21.8 Å². The Kier molecular flexibility index (Phi) is 9.61. The highest BCUT2D eigenvalue weighted by Crippen LogP contribution is 2.28. The van der Waals surface area contributed by atoms with Gasteiger partial charge in [-0.2, -0.15) is 11.3 Å². The Morgan fingerprint density at radius 3 is 2.02 bits per heavy atom. The van der Waals surface area contributed by atoms with Crippen LogP contribution >= 0.6 is 23.1 Å². The highest BCUT2D eigenvalue weighted by Gasteiger charge is 2.19. The van der Waals surface area contributed by atoms with Crippen molar-refractivity contribution < 1.29 is 14.4 Å². The standard InChI is InChI=1S/C34H27N3O3S2/c38-32(37(28-14-6-2-7-15-28)29-16-8-3-9-17-29)24-42-30-18-10-13-27(22-30)35-34(40)31(21-25-19-20-41-23-25)36-33(39)26-11-4-1-5-12-26/h1-23H,24H2,(H,35,40)(H,36,39)/b31-21+. The summed E-state index contributed by atoms with van der Waals surface area (Å²) in [6, 6.07) is 37.0. The lowest BCUT2D eigenvalue weighted by atomic mass is 10.2. The molecule has 0 aliphatic carbocycles. The van der Waals surface area contributed by atoms with Gasteiger partial charge in [0, 0.05) is 27.5 Å². The normalized spacial score (nSPS) is 11.0. The molecule has 0 unspecified atom stereocenters. The van der Waals surface area contributed by atoms with Gasteiger partial charge in [-0.05, 0) is 83.1 Å². The Hall–Kier alpha value is -4.92. The summed E-state index contributed by atoms with van der Waals surface area (Å²) in [6.45, 7) is 0. The maximum Gasteiger partial charge on any atom is 0.272 e. The molecule has 4 aromatic carbocycles. The molecule has 0 radical (unpaired) electrons. The molecule has 0 saturated carbocycles. The molecule has 0 fully saturated rings. The average molecular weight is 590 g/mol. The molecule has 0 bridgehead atoms. The monoisotopic (exact) mass is 589 g/mol. The number of para-hydroxylation sites is 2. The number of thiophene rings is 1. The average Bonchev–Trinajstić information content (AvgIpc) is 3.55. The molecule has 2 N–H and O–H groups in total. The van der Waals surface area contributed by atoms with Crippen molar-refractivity contribution in [2.75, 3.05) is 16.0 Å². The molecule has 8 heteroatoms. The number of thioether (sulfide) groups is 1. The Balaban J connectivity index is 1.29. The zero-order chi connectivity index (χ0) is 29.1. The Labute approximate surface area is 252 Å². The van der Waals surface area contributed by atoms with E-state index < -0.39 is 5.91 Å². The smallest absolute Gasteiger partial charge is 0.272 e. The molecule has 0 aliphatic rings. The van der Waals surface area contributed by atoms with Crippen LogP contribution in [-0.4, -0.2) is 23.5 Å². The number of nitrogens with zero attached hydrogens (tertiary/aromatic N) is 1. The number of amides is 3. The maximum atomic E-state index is 13.4. The molecule has 1 heterocycles. The summed E-state index contributed by atoms with van der Waals surface area (Å²) in [5.41, 5.74) is 3.51. The minimum Gasteiger partial charge on any atom is -0.321 e. The summed E-state index contributed by atoms with van der Waals surface area (Å²) < 4.78 is 0. The first kappa shape index (κ1) is 28.6. The fourth-order valence-corrected chi connectivity index (χ4v) is 5.55. The van der Waals surface area contributed by atoms with Gasteiger partial charge < -0.3 is 10.6 Å². The SMILES string of the molecule is O=C(Nc1cccc(SCC(=O)N(c2ccccc2)c2ccccc2)c1)/C(=C\c1ccsc1)NC(=O)c1ccccc1. The molecule has 3 amide bonds. The summed E-state index contributed by atoms with van der Waals surface area (Å²) in [4.78, 5) is 42.1. The molecule has 5 aromatic rings. The predicted octanol–water partition coefficient (Wildman–Crippen LogP) is 7.61. The molecule has 42 heavy (non-hydrogen) atoms. The van der Waals surface area contributed by atoms with Crippen molar-refractivity contribution >= 4 is 64.0 Å². The van der Waals surface area contributed by atoms with Crippen LogP contribution in [-0.2, 0) is 9.59 Å². The highest BCUT2D eigenvalue weighted by atomic mass is 32.2. The highest BCUT2D eigenvalue weighted by molar-refractivity contribution is 8.00. The van der Waals surface area contributed by atoms with Gasteiger partial charge >= 0.3 is 0 Å². The maximum absolute atomic E-state index is 13.4. The fraction of sp³-hybridized carbons (Fsp3) is 0.0294. The Morgan fingerprint density at radius 2 is 1.40 bits per heavy atom. The second kappa shape index (κ2) is 14.1. The third-order valence-corrected chi connectivity index (χ3v) is 7.80. The van der Waals surface area contributed by atoms with E-state index in [1.165, 1.54) is 23.1 Å². The summed E-state index contributed by atoms with van der Waals surface area (Å²) in [5.74, 6) is -0.714. The molecular formula is C34H27N3O3S2. The number of hydrogen-bond donors (Lipinski definition) is 2. The minimum atomic E-state index is -0.456. The topological polar surface area (TPSA) is 78.5 Å². The van der Waals surface area contributed by atoms with Crippen molar-refractivity contribution in [2.24, 2.45) is 0 Å². The first-order valence-electron chi connectivity index (χ1n) is 13.1. The van der Waals surface area contributed by atoms with Crippen LogP contribution in [0.4, 0.5) is 17.1 Å². The summed E-state index contributed by atoms with van der Waals surface area (Å²) >= 11 is 2.88. The summed E-state index contributed by atoms with van der Waals surface area (Å²) in [7, 11) is 0. The largest absolute Gasteiger partial charge is 0.321 e. The van der Waals surface area contributed by atoms with Gasteiger partial charge in [-0.15, -0.1) is 11.8 Å². The Bertz CT molecular complexity index is 1630. The third kappa shape index (κ3) is 7.63. The predicted molar refractivity (Wildman–Crippen MR) is 172 cm³/mol. The van der Waals surface area contributed by atoms with Gasteiger partial charge in [0.15, 0.2) is 0 Å². The van der Waals surface area contributed by atoms with E-state index in [4.69, 9.17) is 0 Å². The van der Waals surface area contributed by atoms with Crippen LogP contribution in [0.25, 0.3) is 6.08 Å². The van der Waals surface area contributed by atoms with Gasteiger partial charge in [0.1, 0.15) is 5.70 Å². The second-order valence-corrected chi connectivity index (χ2v) is 10.9. The summed E-state index contributed by atoms with van der Waals surface area (Å²) in [5, 5.41) is 9.43. The number of hydrogen-bond acceptors (Lipinski definition) is 5.